The molecule has 1 amide bonds. The van der Waals surface area contributed by atoms with Crippen LogP contribution < -0.4 is 10.2 Å². The van der Waals surface area contributed by atoms with E-state index in [0.29, 0.717) is 31.2 Å². The molecular formula is C20H21N3O4. The standard InChI is InChI=1S/C20H21N3O4/c1-25-13-16-15-4-2-3-5-17(15)27-19(16)20(24)22-18-7-6-14(12-21-18)23-8-10-26-11-9-23/h2-7,12H,8-11,13H2,1H3,(H,21,22,24). The lowest BCUT2D eigenvalue weighted by molar-refractivity contribution is 0.0991. The number of para-hydroxylation sites is 1. The number of methoxy groups -OCH3 is 1. The van der Waals surface area contributed by atoms with Gasteiger partial charge in [-0.25, -0.2) is 4.98 Å². The van der Waals surface area contributed by atoms with Crippen LogP contribution in [0.15, 0.2) is 47.0 Å². The van der Waals surface area contributed by atoms with Crippen LogP contribution in [0.4, 0.5) is 11.5 Å². The molecule has 7 heteroatoms. The second kappa shape index (κ2) is 7.77. The van der Waals surface area contributed by atoms with Crippen molar-refractivity contribution in [3.05, 3.63) is 53.9 Å². The van der Waals surface area contributed by atoms with Crippen LogP contribution in [0.5, 0.6) is 0 Å². The number of benzene rings is 1. The van der Waals surface area contributed by atoms with Crippen molar-refractivity contribution in [2.75, 3.05) is 43.6 Å². The number of nitrogens with one attached hydrogen (secondary N) is 1. The molecule has 1 N–H and O–H groups in total. The Morgan fingerprint density at radius 1 is 1.22 bits per heavy atom. The normalized spacial score (nSPS) is 14.5. The first-order valence-corrected chi connectivity index (χ1v) is 8.85. The van der Waals surface area contributed by atoms with Gasteiger partial charge in [-0.1, -0.05) is 18.2 Å². The van der Waals surface area contributed by atoms with Gasteiger partial charge < -0.3 is 24.1 Å². The van der Waals surface area contributed by atoms with E-state index >= 15 is 0 Å². The van der Waals surface area contributed by atoms with Gasteiger partial charge >= 0.3 is 0 Å². The summed E-state index contributed by atoms with van der Waals surface area (Å²) >= 11 is 0. The van der Waals surface area contributed by atoms with Gasteiger partial charge in [0.15, 0.2) is 5.76 Å². The molecule has 0 aliphatic carbocycles. The minimum Gasteiger partial charge on any atom is -0.451 e. The lowest BCUT2D eigenvalue weighted by atomic mass is 10.1. The fourth-order valence-corrected chi connectivity index (χ4v) is 3.21. The second-order valence-corrected chi connectivity index (χ2v) is 6.29. The SMILES string of the molecule is COCc1c(C(=O)Nc2ccc(N3CCOCC3)cn2)oc2ccccc12. The zero-order valence-electron chi connectivity index (χ0n) is 15.1. The lowest BCUT2D eigenvalue weighted by Gasteiger charge is -2.28. The van der Waals surface area contributed by atoms with Gasteiger partial charge in [-0.3, -0.25) is 4.79 Å². The first kappa shape index (κ1) is 17.5. The molecule has 4 rings (SSSR count). The molecule has 1 fully saturated rings. The summed E-state index contributed by atoms with van der Waals surface area (Å²) in [7, 11) is 1.59. The van der Waals surface area contributed by atoms with Crippen LogP contribution in [0.25, 0.3) is 11.0 Å². The number of nitrogens with zero attached hydrogens (tertiary/aromatic N) is 2. The predicted octanol–water partition coefficient (Wildman–Crippen LogP) is 3.06. The van der Waals surface area contributed by atoms with E-state index in [9.17, 15) is 4.79 Å². The topological polar surface area (TPSA) is 76.8 Å². The number of aromatic nitrogens is 1. The average molecular weight is 367 g/mol. The number of fused-ring (bicyclic) bond motifs is 1. The van der Waals surface area contributed by atoms with Crippen molar-refractivity contribution >= 4 is 28.4 Å². The van der Waals surface area contributed by atoms with Crippen molar-refractivity contribution in [1.82, 2.24) is 4.98 Å². The first-order chi connectivity index (χ1) is 13.3. The summed E-state index contributed by atoms with van der Waals surface area (Å²) in [6.45, 7) is 3.41. The predicted molar refractivity (Wildman–Crippen MR) is 102 cm³/mol. The third kappa shape index (κ3) is 3.65. The average Bonchev–Trinajstić information content (AvgIpc) is 3.08. The van der Waals surface area contributed by atoms with E-state index in [4.69, 9.17) is 13.9 Å². The molecule has 0 saturated carbocycles. The van der Waals surface area contributed by atoms with Gasteiger partial charge in [0.05, 0.1) is 31.7 Å². The molecule has 0 bridgehead atoms. The Labute approximate surface area is 156 Å². The number of furan rings is 1. The van der Waals surface area contributed by atoms with Crippen molar-refractivity contribution in [3.8, 4) is 0 Å². The number of amides is 1. The molecule has 3 aromatic rings. The summed E-state index contributed by atoms with van der Waals surface area (Å²) in [5.41, 5.74) is 2.40. The van der Waals surface area contributed by atoms with Crippen molar-refractivity contribution in [2.45, 2.75) is 6.61 Å². The van der Waals surface area contributed by atoms with Gasteiger partial charge in [-0.2, -0.15) is 0 Å². The van der Waals surface area contributed by atoms with Crippen LogP contribution in [0.2, 0.25) is 0 Å². The molecule has 3 heterocycles. The highest BCUT2D eigenvalue weighted by Gasteiger charge is 2.21. The molecular weight excluding hydrogens is 346 g/mol. The number of carbonyl (C=O) groups excluding carboxylic acids is 1. The zero-order chi connectivity index (χ0) is 18.6. The lowest BCUT2D eigenvalue weighted by Crippen LogP contribution is -2.36. The molecule has 140 valence electrons. The van der Waals surface area contributed by atoms with Gasteiger partial charge in [-0.05, 0) is 18.2 Å². The fourth-order valence-electron chi connectivity index (χ4n) is 3.21. The summed E-state index contributed by atoms with van der Waals surface area (Å²) in [5, 5.41) is 3.68. The zero-order valence-corrected chi connectivity index (χ0v) is 15.1. The molecule has 1 saturated heterocycles. The smallest absolute Gasteiger partial charge is 0.292 e. The summed E-state index contributed by atoms with van der Waals surface area (Å²) in [6.07, 6.45) is 1.76. The number of ether oxygens (including phenoxy) is 2. The van der Waals surface area contributed by atoms with Crippen molar-refractivity contribution in [2.24, 2.45) is 0 Å². The Bertz CT molecular complexity index is 930. The van der Waals surface area contributed by atoms with Crippen LogP contribution in [0, 0.1) is 0 Å². The van der Waals surface area contributed by atoms with Crippen LogP contribution in [-0.4, -0.2) is 44.3 Å². The van der Waals surface area contributed by atoms with E-state index in [1.165, 1.54) is 0 Å². The number of pyridine rings is 1. The Morgan fingerprint density at radius 3 is 2.78 bits per heavy atom. The van der Waals surface area contributed by atoms with E-state index in [2.05, 4.69) is 15.2 Å². The minimum absolute atomic E-state index is 0.247. The molecule has 7 nitrogen and oxygen atoms in total. The Kier molecular flexibility index (Phi) is 5.04. The van der Waals surface area contributed by atoms with Crippen molar-refractivity contribution in [3.63, 3.8) is 0 Å². The van der Waals surface area contributed by atoms with E-state index in [1.54, 1.807) is 19.4 Å². The number of carbonyl (C=O) groups is 1. The summed E-state index contributed by atoms with van der Waals surface area (Å²) < 4.78 is 16.4. The van der Waals surface area contributed by atoms with E-state index < -0.39 is 0 Å². The largest absolute Gasteiger partial charge is 0.451 e. The van der Waals surface area contributed by atoms with Crippen molar-refractivity contribution < 1.29 is 18.7 Å². The second-order valence-electron chi connectivity index (χ2n) is 6.29. The maximum absolute atomic E-state index is 12.7. The molecule has 0 spiro atoms. The maximum atomic E-state index is 12.7. The van der Waals surface area contributed by atoms with Crippen LogP contribution in [0.3, 0.4) is 0 Å². The van der Waals surface area contributed by atoms with Gasteiger partial charge in [0, 0.05) is 31.1 Å². The van der Waals surface area contributed by atoms with E-state index in [-0.39, 0.29) is 11.7 Å². The van der Waals surface area contributed by atoms with Crippen LogP contribution in [-0.2, 0) is 16.1 Å². The molecule has 27 heavy (non-hydrogen) atoms. The Morgan fingerprint density at radius 2 is 2.04 bits per heavy atom. The summed E-state index contributed by atoms with van der Waals surface area (Å²) in [4.78, 5) is 19.3. The number of anilines is 2. The fraction of sp³-hybridized carbons (Fsp3) is 0.300. The van der Waals surface area contributed by atoms with Gasteiger partial charge in [0.25, 0.3) is 5.91 Å². The molecule has 2 aromatic heterocycles. The highest BCUT2D eigenvalue weighted by atomic mass is 16.5. The molecule has 1 aliphatic rings. The van der Waals surface area contributed by atoms with Crippen LogP contribution in [0.1, 0.15) is 16.1 Å². The van der Waals surface area contributed by atoms with E-state index in [1.807, 2.05) is 30.3 Å². The molecule has 1 aromatic carbocycles. The van der Waals surface area contributed by atoms with Crippen LogP contribution >= 0.6 is 0 Å². The van der Waals surface area contributed by atoms with Crippen molar-refractivity contribution in [1.29, 1.82) is 0 Å². The summed E-state index contributed by atoms with van der Waals surface area (Å²) in [6, 6.07) is 11.3. The molecule has 0 unspecified atom stereocenters. The molecule has 0 atom stereocenters. The van der Waals surface area contributed by atoms with Gasteiger partial charge in [0.1, 0.15) is 11.4 Å². The Hall–Kier alpha value is -2.90. The maximum Gasteiger partial charge on any atom is 0.292 e. The van der Waals surface area contributed by atoms with E-state index in [0.717, 1.165) is 29.7 Å². The summed E-state index contributed by atoms with van der Waals surface area (Å²) in [5.74, 6) is 0.378. The number of hydrogen-bond donors (Lipinski definition) is 1. The Balaban J connectivity index is 1.53. The quantitative estimate of drug-likeness (QED) is 0.747. The highest BCUT2D eigenvalue weighted by Crippen LogP contribution is 2.27. The number of morpholine rings is 1. The highest BCUT2D eigenvalue weighted by molar-refractivity contribution is 6.06. The monoisotopic (exact) mass is 367 g/mol. The molecule has 0 radical (unpaired) electrons. The first-order valence-electron chi connectivity index (χ1n) is 8.85. The third-order valence-electron chi connectivity index (χ3n) is 4.56. The molecule has 1 aliphatic heterocycles. The van der Waals surface area contributed by atoms with Gasteiger partial charge in [-0.15, -0.1) is 0 Å². The third-order valence-corrected chi connectivity index (χ3v) is 4.56. The minimum atomic E-state index is -0.343. The van der Waals surface area contributed by atoms with Gasteiger partial charge in [0.2, 0.25) is 0 Å². The number of hydrogen-bond acceptors (Lipinski definition) is 6. The number of rotatable bonds is 5.